The van der Waals surface area contributed by atoms with E-state index in [1.165, 1.54) is 12.8 Å². The number of nitrogens with zero attached hydrogens (tertiary/aromatic N) is 1. The minimum absolute atomic E-state index is 0.0794. The number of aliphatic hydroxyl groups is 1. The van der Waals surface area contributed by atoms with Crippen LogP contribution in [0.4, 0.5) is 0 Å². The average Bonchev–Trinajstić information content (AvgIpc) is 2.45. The zero-order valence-corrected chi connectivity index (χ0v) is 11.2. The first-order chi connectivity index (χ1) is 8.81. The zero-order chi connectivity index (χ0) is 12.8. The Kier molecular flexibility index (Phi) is 5.45. The van der Waals surface area contributed by atoms with Gasteiger partial charge in [0.05, 0.1) is 12.6 Å². The molecule has 104 valence electrons. The number of amides is 1. The molecule has 2 aliphatic rings. The largest absolute Gasteiger partial charge is 0.394 e. The number of hydrogen-bond donors (Lipinski definition) is 2. The van der Waals surface area contributed by atoms with Crippen molar-refractivity contribution in [1.82, 2.24) is 10.2 Å². The molecule has 2 N–H and O–H groups in total. The molecule has 2 aliphatic heterocycles. The quantitative estimate of drug-likeness (QED) is 0.791. The van der Waals surface area contributed by atoms with Crippen LogP contribution in [0.1, 0.15) is 44.9 Å². The van der Waals surface area contributed by atoms with Crippen molar-refractivity contribution < 1.29 is 9.90 Å². The van der Waals surface area contributed by atoms with Gasteiger partial charge in [-0.05, 0) is 57.5 Å². The highest BCUT2D eigenvalue weighted by Crippen LogP contribution is 2.21. The number of hydrogen-bond acceptors (Lipinski definition) is 3. The van der Waals surface area contributed by atoms with E-state index in [1.54, 1.807) is 0 Å². The number of carbonyl (C=O) groups is 1. The third-order valence-corrected chi connectivity index (χ3v) is 4.32. The van der Waals surface area contributed by atoms with E-state index in [0.717, 1.165) is 45.3 Å². The average molecular weight is 254 g/mol. The van der Waals surface area contributed by atoms with Crippen molar-refractivity contribution in [3.8, 4) is 0 Å². The van der Waals surface area contributed by atoms with Gasteiger partial charge in [0.1, 0.15) is 0 Å². The molecule has 0 bridgehead atoms. The standard InChI is InChI=1S/C14H26N2O2/c17-11-13-5-1-2-9-16(13)14(18)7-6-12-4-3-8-15-10-12/h12-13,15,17H,1-11H2. The smallest absolute Gasteiger partial charge is 0.222 e. The first kappa shape index (κ1) is 13.8. The summed E-state index contributed by atoms with van der Waals surface area (Å²) in [7, 11) is 0. The molecule has 0 saturated carbocycles. The Balaban J connectivity index is 1.75. The predicted octanol–water partition coefficient (Wildman–Crippen LogP) is 1.14. The minimum Gasteiger partial charge on any atom is -0.394 e. The molecule has 0 aromatic carbocycles. The number of rotatable bonds is 4. The van der Waals surface area contributed by atoms with Crippen LogP contribution in [0.3, 0.4) is 0 Å². The second-order valence-corrected chi connectivity index (χ2v) is 5.67. The fourth-order valence-corrected chi connectivity index (χ4v) is 3.16. The van der Waals surface area contributed by atoms with Gasteiger partial charge in [0.15, 0.2) is 0 Å². The zero-order valence-electron chi connectivity index (χ0n) is 11.2. The van der Waals surface area contributed by atoms with Crippen LogP contribution in [-0.4, -0.2) is 48.2 Å². The highest BCUT2D eigenvalue weighted by Gasteiger charge is 2.26. The van der Waals surface area contributed by atoms with Crippen molar-refractivity contribution in [3.05, 3.63) is 0 Å². The maximum absolute atomic E-state index is 12.2. The second kappa shape index (κ2) is 7.10. The lowest BCUT2D eigenvalue weighted by Gasteiger charge is -2.35. The Morgan fingerprint density at radius 3 is 2.89 bits per heavy atom. The van der Waals surface area contributed by atoms with E-state index in [0.29, 0.717) is 12.3 Å². The van der Waals surface area contributed by atoms with Crippen LogP contribution in [0.2, 0.25) is 0 Å². The molecule has 0 radical (unpaired) electrons. The monoisotopic (exact) mass is 254 g/mol. The molecule has 2 unspecified atom stereocenters. The van der Waals surface area contributed by atoms with Crippen molar-refractivity contribution in [1.29, 1.82) is 0 Å². The van der Waals surface area contributed by atoms with Gasteiger partial charge in [0.2, 0.25) is 5.91 Å². The van der Waals surface area contributed by atoms with E-state index >= 15 is 0 Å². The van der Waals surface area contributed by atoms with Gasteiger partial charge in [0.25, 0.3) is 0 Å². The maximum Gasteiger partial charge on any atom is 0.222 e. The van der Waals surface area contributed by atoms with Gasteiger partial charge in [-0.15, -0.1) is 0 Å². The Labute approximate surface area is 110 Å². The lowest BCUT2D eigenvalue weighted by atomic mass is 9.94. The van der Waals surface area contributed by atoms with E-state index in [9.17, 15) is 9.90 Å². The summed E-state index contributed by atoms with van der Waals surface area (Å²) in [5.41, 5.74) is 0. The highest BCUT2D eigenvalue weighted by molar-refractivity contribution is 5.76. The van der Waals surface area contributed by atoms with Crippen LogP contribution in [0, 0.1) is 5.92 Å². The summed E-state index contributed by atoms with van der Waals surface area (Å²) in [6.07, 6.45) is 7.34. The molecule has 2 fully saturated rings. The third kappa shape index (κ3) is 3.69. The Morgan fingerprint density at radius 1 is 1.28 bits per heavy atom. The van der Waals surface area contributed by atoms with Crippen LogP contribution in [0.25, 0.3) is 0 Å². The summed E-state index contributed by atoms with van der Waals surface area (Å²) < 4.78 is 0. The topological polar surface area (TPSA) is 52.6 Å². The molecule has 0 spiro atoms. The van der Waals surface area contributed by atoms with Gasteiger partial charge in [-0.1, -0.05) is 0 Å². The van der Waals surface area contributed by atoms with E-state index in [4.69, 9.17) is 0 Å². The lowest BCUT2D eigenvalue weighted by Crippen LogP contribution is -2.45. The van der Waals surface area contributed by atoms with Gasteiger partial charge in [-0.3, -0.25) is 4.79 Å². The molecule has 2 rings (SSSR count). The molecule has 2 saturated heterocycles. The minimum atomic E-state index is 0.0794. The summed E-state index contributed by atoms with van der Waals surface area (Å²) in [5, 5.41) is 12.7. The Bertz CT molecular complexity index is 265. The number of aliphatic hydroxyl groups excluding tert-OH is 1. The summed E-state index contributed by atoms with van der Waals surface area (Å²) in [6.45, 7) is 3.16. The molecular formula is C14H26N2O2. The van der Waals surface area contributed by atoms with Crippen molar-refractivity contribution in [2.24, 2.45) is 5.92 Å². The summed E-state index contributed by atoms with van der Waals surface area (Å²) >= 11 is 0. The summed E-state index contributed by atoms with van der Waals surface area (Å²) in [5.74, 6) is 0.916. The van der Waals surface area contributed by atoms with E-state index in [1.807, 2.05) is 4.90 Å². The van der Waals surface area contributed by atoms with Gasteiger partial charge >= 0.3 is 0 Å². The van der Waals surface area contributed by atoms with Gasteiger partial charge < -0.3 is 15.3 Å². The summed E-state index contributed by atoms with van der Waals surface area (Å²) in [6, 6.07) is 0.0794. The van der Waals surface area contributed by atoms with Crippen LogP contribution in [0.15, 0.2) is 0 Å². The van der Waals surface area contributed by atoms with E-state index in [-0.39, 0.29) is 18.6 Å². The fourth-order valence-electron chi connectivity index (χ4n) is 3.16. The van der Waals surface area contributed by atoms with Crippen LogP contribution in [-0.2, 0) is 4.79 Å². The van der Waals surface area contributed by atoms with Gasteiger partial charge in [-0.2, -0.15) is 0 Å². The SMILES string of the molecule is O=C(CCC1CCCNC1)N1CCCCC1CO. The van der Waals surface area contributed by atoms with Crippen molar-refractivity contribution in [2.45, 2.75) is 51.0 Å². The van der Waals surface area contributed by atoms with Gasteiger partial charge in [-0.25, -0.2) is 0 Å². The summed E-state index contributed by atoms with van der Waals surface area (Å²) in [4.78, 5) is 14.1. The molecule has 1 amide bonds. The third-order valence-electron chi connectivity index (χ3n) is 4.32. The molecule has 18 heavy (non-hydrogen) atoms. The van der Waals surface area contributed by atoms with Crippen molar-refractivity contribution >= 4 is 5.91 Å². The molecule has 2 heterocycles. The Morgan fingerprint density at radius 2 is 2.17 bits per heavy atom. The van der Waals surface area contributed by atoms with Crippen molar-refractivity contribution in [2.75, 3.05) is 26.2 Å². The van der Waals surface area contributed by atoms with E-state index in [2.05, 4.69) is 5.32 Å². The molecular weight excluding hydrogens is 228 g/mol. The molecule has 4 nitrogen and oxygen atoms in total. The predicted molar refractivity (Wildman–Crippen MR) is 71.3 cm³/mol. The lowest BCUT2D eigenvalue weighted by molar-refractivity contribution is -0.136. The highest BCUT2D eigenvalue weighted by atomic mass is 16.3. The molecule has 0 aliphatic carbocycles. The Hall–Kier alpha value is -0.610. The molecule has 2 atom stereocenters. The first-order valence-corrected chi connectivity index (χ1v) is 7.42. The normalized spacial score (nSPS) is 29.3. The fraction of sp³-hybridized carbons (Fsp3) is 0.929. The maximum atomic E-state index is 12.2. The van der Waals surface area contributed by atoms with Crippen LogP contribution in [0.5, 0.6) is 0 Å². The number of carbonyl (C=O) groups excluding carboxylic acids is 1. The van der Waals surface area contributed by atoms with Crippen LogP contribution < -0.4 is 5.32 Å². The van der Waals surface area contributed by atoms with Gasteiger partial charge in [0, 0.05) is 13.0 Å². The second-order valence-electron chi connectivity index (χ2n) is 5.67. The van der Waals surface area contributed by atoms with E-state index < -0.39 is 0 Å². The van der Waals surface area contributed by atoms with Crippen LogP contribution >= 0.6 is 0 Å². The molecule has 0 aromatic heterocycles. The van der Waals surface area contributed by atoms with Crippen molar-refractivity contribution in [3.63, 3.8) is 0 Å². The first-order valence-electron chi connectivity index (χ1n) is 7.42. The number of nitrogens with one attached hydrogen (secondary N) is 1. The molecule has 4 heteroatoms. The molecule has 0 aromatic rings. The number of piperidine rings is 2. The number of likely N-dealkylation sites (tertiary alicyclic amines) is 1.